The molecule has 0 atom stereocenters. The van der Waals surface area contributed by atoms with E-state index < -0.39 is 0 Å². The van der Waals surface area contributed by atoms with Gasteiger partial charge in [0.1, 0.15) is 18.2 Å². The highest BCUT2D eigenvalue weighted by molar-refractivity contribution is 9.10. The molecule has 0 aliphatic heterocycles. The summed E-state index contributed by atoms with van der Waals surface area (Å²) in [4.78, 5) is 10.7. The van der Waals surface area contributed by atoms with Crippen molar-refractivity contribution < 1.29 is 4.74 Å². The lowest BCUT2D eigenvalue weighted by atomic mass is 10.2. The molecule has 21 heavy (non-hydrogen) atoms. The van der Waals surface area contributed by atoms with Crippen LogP contribution in [0.15, 0.2) is 34.8 Å². The van der Waals surface area contributed by atoms with Gasteiger partial charge in [-0.1, -0.05) is 28.1 Å². The molecular formula is C15H19BrN4O. The first-order valence-electron chi connectivity index (χ1n) is 6.75. The number of benzene rings is 1. The van der Waals surface area contributed by atoms with Crippen LogP contribution in [-0.2, 0) is 17.9 Å². The predicted molar refractivity (Wildman–Crippen MR) is 88.0 cm³/mol. The van der Waals surface area contributed by atoms with Crippen LogP contribution in [0.4, 0.5) is 11.6 Å². The Hall–Kier alpha value is -1.66. The van der Waals surface area contributed by atoms with Gasteiger partial charge in [-0.3, -0.25) is 0 Å². The second-order valence-electron chi connectivity index (χ2n) is 4.69. The highest BCUT2D eigenvalue weighted by atomic mass is 79.9. The third-order valence-corrected chi connectivity index (χ3v) is 3.41. The molecule has 0 saturated heterocycles. The smallest absolute Gasteiger partial charge is 0.158 e. The Morgan fingerprint density at radius 1 is 1.29 bits per heavy atom. The minimum Gasteiger partial charge on any atom is -0.384 e. The fraction of sp³-hybridized carbons (Fsp3) is 0.333. The average Bonchev–Trinajstić information content (AvgIpc) is 2.44. The van der Waals surface area contributed by atoms with Gasteiger partial charge in [-0.2, -0.15) is 0 Å². The Morgan fingerprint density at radius 2 is 2.10 bits per heavy atom. The quantitative estimate of drug-likeness (QED) is 0.867. The fourth-order valence-electron chi connectivity index (χ4n) is 1.95. The zero-order chi connectivity index (χ0) is 15.2. The summed E-state index contributed by atoms with van der Waals surface area (Å²) < 4.78 is 6.40. The second-order valence-corrected chi connectivity index (χ2v) is 5.61. The van der Waals surface area contributed by atoms with E-state index in [0.29, 0.717) is 24.9 Å². The van der Waals surface area contributed by atoms with E-state index in [1.165, 1.54) is 5.56 Å². The second kappa shape index (κ2) is 7.38. The average molecular weight is 351 g/mol. The minimum absolute atomic E-state index is 0.374. The minimum atomic E-state index is 0.374. The molecule has 1 heterocycles. The molecule has 6 heteroatoms. The molecule has 0 spiro atoms. The zero-order valence-corrected chi connectivity index (χ0v) is 13.8. The predicted octanol–water partition coefficient (Wildman–Crippen LogP) is 2.99. The van der Waals surface area contributed by atoms with Crippen molar-refractivity contribution >= 4 is 27.6 Å². The molecule has 2 N–H and O–H groups in total. The van der Waals surface area contributed by atoms with E-state index in [-0.39, 0.29) is 0 Å². The Balaban J connectivity index is 2.14. The SMILES string of the molecule is CCOCc1nc(N)cc(N(C)Cc2cccc(Br)c2)n1. The molecular weight excluding hydrogens is 332 g/mol. The number of hydrogen-bond acceptors (Lipinski definition) is 5. The van der Waals surface area contributed by atoms with E-state index in [1.807, 2.05) is 31.0 Å². The number of halogens is 1. The van der Waals surface area contributed by atoms with Gasteiger partial charge in [0.2, 0.25) is 0 Å². The van der Waals surface area contributed by atoms with Crippen LogP contribution in [0, 0.1) is 0 Å². The van der Waals surface area contributed by atoms with Crippen molar-refractivity contribution in [3.63, 3.8) is 0 Å². The van der Waals surface area contributed by atoms with Gasteiger partial charge >= 0.3 is 0 Å². The van der Waals surface area contributed by atoms with Gasteiger partial charge in [-0.05, 0) is 24.6 Å². The Labute approximate surface area is 133 Å². The lowest BCUT2D eigenvalue weighted by molar-refractivity contribution is 0.128. The van der Waals surface area contributed by atoms with Crippen LogP contribution in [0.5, 0.6) is 0 Å². The summed E-state index contributed by atoms with van der Waals surface area (Å²) in [5.41, 5.74) is 7.04. The molecule has 0 bridgehead atoms. The first kappa shape index (κ1) is 15.7. The Morgan fingerprint density at radius 3 is 2.81 bits per heavy atom. The van der Waals surface area contributed by atoms with Gasteiger partial charge in [0.25, 0.3) is 0 Å². The highest BCUT2D eigenvalue weighted by Crippen LogP contribution is 2.18. The fourth-order valence-corrected chi connectivity index (χ4v) is 2.39. The normalized spacial score (nSPS) is 10.6. The van der Waals surface area contributed by atoms with Gasteiger partial charge in [0.15, 0.2) is 5.82 Å². The van der Waals surface area contributed by atoms with E-state index >= 15 is 0 Å². The van der Waals surface area contributed by atoms with Crippen LogP contribution in [-0.4, -0.2) is 23.6 Å². The topological polar surface area (TPSA) is 64.3 Å². The molecule has 1 aromatic carbocycles. The third-order valence-electron chi connectivity index (χ3n) is 2.91. The maximum absolute atomic E-state index is 5.85. The van der Waals surface area contributed by atoms with Gasteiger partial charge in [0.05, 0.1) is 0 Å². The maximum Gasteiger partial charge on any atom is 0.158 e. The lowest BCUT2D eigenvalue weighted by Gasteiger charge is -2.19. The van der Waals surface area contributed by atoms with Crippen molar-refractivity contribution in [3.05, 3.63) is 46.2 Å². The van der Waals surface area contributed by atoms with Crippen molar-refractivity contribution in [2.45, 2.75) is 20.1 Å². The van der Waals surface area contributed by atoms with Gasteiger partial charge in [-0.25, -0.2) is 9.97 Å². The molecule has 0 radical (unpaired) electrons. The van der Waals surface area contributed by atoms with Gasteiger partial charge in [0, 0.05) is 30.7 Å². The zero-order valence-electron chi connectivity index (χ0n) is 12.2. The number of nitrogen functional groups attached to an aromatic ring is 1. The summed E-state index contributed by atoms with van der Waals surface area (Å²) in [6.45, 7) is 3.68. The Kier molecular flexibility index (Phi) is 5.52. The van der Waals surface area contributed by atoms with E-state index in [4.69, 9.17) is 10.5 Å². The number of ether oxygens (including phenoxy) is 1. The highest BCUT2D eigenvalue weighted by Gasteiger charge is 2.08. The molecule has 0 saturated carbocycles. The number of nitrogens with two attached hydrogens (primary N) is 1. The number of aromatic nitrogens is 2. The summed E-state index contributed by atoms with van der Waals surface area (Å²) in [7, 11) is 1.98. The first-order valence-corrected chi connectivity index (χ1v) is 7.54. The number of rotatable bonds is 6. The lowest BCUT2D eigenvalue weighted by Crippen LogP contribution is -2.19. The summed E-state index contributed by atoms with van der Waals surface area (Å²) in [5.74, 6) is 1.85. The molecule has 112 valence electrons. The van der Waals surface area contributed by atoms with Crippen molar-refractivity contribution in [3.8, 4) is 0 Å². The third kappa shape index (κ3) is 4.68. The first-order chi connectivity index (χ1) is 10.1. The van der Waals surface area contributed by atoms with Crippen molar-refractivity contribution in [1.82, 2.24) is 9.97 Å². The number of nitrogens with zero attached hydrogens (tertiary/aromatic N) is 3. The molecule has 1 aromatic heterocycles. The summed E-state index contributed by atoms with van der Waals surface area (Å²) >= 11 is 3.48. The van der Waals surface area contributed by atoms with Crippen molar-refractivity contribution in [1.29, 1.82) is 0 Å². The van der Waals surface area contributed by atoms with Crippen LogP contribution in [0.25, 0.3) is 0 Å². The van der Waals surface area contributed by atoms with E-state index in [1.54, 1.807) is 6.07 Å². The van der Waals surface area contributed by atoms with E-state index in [0.717, 1.165) is 16.8 Å². The molecule has 2 rings (SSSR count). The maximum atomic E-state index is 5.85. The molecule has 5 nitrogen and oxygen atoms in total. The van der Waals surface area contributed by atoms with Crippen molar-refractivity contribution in [2.24, 2.45) is 0 Å². The van der Waals surface area contributed by atoms with Crippen molar-refractivity contribution in [2.75, 3.05) is 24.3 Å². The monoisotopic (exact) mass is 350 g/mol. The van der Waals surface area contributed by atoms with Crippen LogP contribution in [0.2, 0.25) is 0 Å². The van der Waals surface area contributed by atoms with Crippen LogP contribution < -0.4 is 10.6 Å². The van der Waals surface area contributed by atoms with E-state index in [2.05, 4.69) is 38.0 Å². The standard InChI is InChI=1S/C15H19BrN4O/c1-3-21-10-14-18-13(17)8-15(19-14)20(2)9-11-5-4-6-12(16)7-11/h4-8H,3,9-10H2,1-2H3,(H2,17,18,19). The molecule has 0 aliphatic rings. The van der Waals surface area contributed by atoms with Crippen LogP contribution in [0.1, 0.15) is 18.3 Å². The van der Waals surface area contributed by atoms with Crippen LogP contribution >= 0.6 is 15.9 Å². The molecule has 0 fully saturated rings. The summed E-state index contributed by atoms with van der Waals surface area (Å²) in [6, 6.07) is 9.96. The van der Waals surface area contributed by atoms with E-state index in [9.17, 15) is 0 Å². The number of anilines is 2. The molecule has 2 aromatic rings. The van der Waals surface area contributed by atoms with Crippen LogP contribution in [0.3, 0.4) is 0 Å². The molecule has 0 aliphatic carbocycles. The molecule has 0 unspecified atom stereocenters. The largest absolute Gasteiger partial charge is 0.384 e. The number of hydrogen-bond donors (Lipinski definition) is 1. The van der Waals surface area contributed by atoms with Gasteiger partial charge in [-0.15, -0.1) is 0 Å². The Bertz CT molecular complexity index is 606. The summed E-state index contributed by atoms with van der Waals surface area (Å²) in [5, 5.41) is 0. The van der Waals surface area contributed by atoms with Gasteiger partial charge < -0.3 is 15.4 Å². The summed E-state index contributed by atoms with van der Waals surface area (Å²) in [6.07, 6.45) is 0. The molecule has 0 amide bonds.